The van der Waals surface area contributed by atoms with Crippen molar-refractivity contribution < 1.29 is 4.74 Å². The van der Waals surface area contributed by atoms with Gasteiger partial charge in [0.2, 0.25) is 0 Å². The SMILES string of the molecule is O=c1cc(-c2ccc(OCc3ccccc3)cc2)s[nH]1. The van der Waals surface area contributed by atoms with Crippen LogP contribution in [0.1, 0.15) is 5.56 Å². The smallest absolute Gasteiger partial charge is 0.258 e. The van der Waals surface area contributed by atoms with E-state index in [0.29, 0.717) is 6.61 Å². The maximum absolute atomic E-state index is 11.1. The number of aromatic amines is 1. The van der Waals surface area contributed by atoms with Gasteiger partial charge in [0.15, 0.2) is 0 Å². The summed E-state index contributed by atoms with van der Waals surface area (Å²) in [4.78, 5) is 12.1. The molecule has 3 nitrogen and oxygen atoms in total. The molecule has 100 valence electrons. The Bertz CT molecular complexity index is 729. The lowest BCUT2D eigenvalue weighted by Gasteiger charge is -2.06. The molecule has 0 atom stereocenters. The predicted molar refractivity (Wildman–Crippen MR) is 81.1 cm³/mol. The monoisotopic (exact) mass is 283 g/mol. The molecular weight excluding hydrogens is 270 g/mol. The van der Waals surface area contributed by atoms with E-state index in [4.69, 9.17) is 4.74 Å². The minimum atomic E-state index is -0.0607. The van der Waals surface area contributed by atoms with Gasteiger partial charge in [-0.15, -0.1) is 0 Å². The van der Waals surface area contributed by atoms with E-state index in [2.05, 4.69) is 4.37 Å². The first-order chi connectivity index (χ1) is 9.81. The summed E-state index contributed by atoms with van der Waals surface area (Å²) in [6.45, 7) is 0.553. The summed E-state index contributed by atoms with van der Waals surface area (Å²) in [6.07, 6.45) is 0. The van der Waals surface area contributed by atoms with Crippen LogP contribution in [0.5, 0.6) is 5.75 Å². The Balaban J connectivity index is 1.69. The van der Waals surface area contributed by atoms with E-state index in [9.17, 15) is 4.79 Å². The van der Waals surface area contributed by atoms with Gasteiger partial charge in [-0.05, 0) is 35.4 Å². The second-order valence-corrected chi connectivity index (χ2v) is 5.22. The van der Waals surface area contributed by atoms with Crippen molar-refractivity contribution in [3.8, 4) is 16.2 Å². The second-order valence-electron chi connectivity index (χ2n) is 4.38. The highest BCUT2D eigenvalue weighted by Crippen LogP contribution is 2.24. The van der Waals surface area contributed by atoms with Crippen molar-refractivity contribution >= 4 is 11.5 Å². The van der Waals surface area contributed by atoms with Crippen LogP contribution < -0.4 is 10.3 Å². The molecule has 0 aliphatic heterocycles. The van der Waals surface area contributed by atoms with E-state index in [-0.39, 0.29) is 5.56 Å². The van der Waals surface area contributed by atoms with Crippen LogP contribution in [-0.4, -0.2) is 4.37 Å². The van der Waals surface area contributed by atoms with E-state index >= 15 is 0 Å². The van der Waals surface area contributed by atoms with Crippen LogP contribution in [0.25, 0.3) is 10.4 Å². The molecule has 0 spiro atoms. The summed E-state index contributed by atoms with van der Waals surface area (Å²) >= 11 is 1.34. The quantitative estimate of drug-likeness (QED) is 0.793. The van der Waals surface area contributed by atoms with E-state index < -0.39 is 0 Å². The lowest BCUT2D eigenvalue weighted by atomic mass is 10.2. The second kappa shape index (κ2) is 5.75. The van der Waals surface area contributed by atoms with Crippen LogP contribution in [0.3, 0.4) is 0 Å². The van der Waals surface area contributed by atoms with Gasteiger partial charge in [-0.1, -0.05) is 41.9 Å². The zero-order chi connectivity index (χ0) is 13.8. The zero-order valence-corrected chi connectivity index (χ0v) is 11.5. The van der Waals surface area contributed by atoms with Crippen LogP contribution in [0.15, 0.2) is 65.5 Å². The summed E-state index contributed by atoms with van der Waals surface area (Å²) < 4.78 is 8.41. The van der Waals surface area contributed by atoms with E-state index in [1.807, 2.05) is 54.6 Å². The van der Waals surface area contributed by atoms with Gasteiger partial charge in [-0.25, -0.2) is 0 Å². The number of H-pyrrole nitrogens is 1. The van der Waals surface area contributed by atoms with Crippen molar-refractivity contribution in [2.24, 2.45) is 0 Å². The fourth-order valence-electron chi connectivity index (χ4n) is 1.88. The predicted octanol–water partition coefficient (Wildman–Crippen LogP) is 3.68. The van der Waals surface area contributed by atoms with Crippen LogP contribution in [-0.2, 0) is 6.61 Å². The highest BCUT2D eigenvalue weighted by atomic mass is 32.1. The normalized spacial score (nSPS) is 10.4. The molecule has 3 rings (SSSR count). The minimum absolute atomic E-state index is 0.0607. The summed E-state index contributed by atoms with van der Waals surface area (Å²) in [6, 6.07) is 19.4. The van der Waals surface area contributed by atoms with Crippen molar-refractivity contribution in [1.82, 2.24) is 4.37 Å². The molecule has 3 aromatic rings. The van der Waals surface area contributed by atoms with Crippen molar-refractivity contribution in [1.29, 1.82) is 0 Å². The molecule has 0 saturated heterocycles. The maximum Gasteiger partial charge on any atom is 0.258 e. The Kier molecular flexibility index (Phi) is 3.65. The van der Waals surface area contributed by atoms with Crippen LogP contribution in [0.4, 0.5) is 0 Å². The number of rotatable bonds is 4. The molecule has 0 aliphatic carbocycles. The molecule has 0 radical (unpaired) electrons. The van der Waals surface area contributed by atoms with Crippen LogP contribution in [0.2, 0.25) is 0 Å². The highest BCUT2D eigenvalue weighted by Gasteiger charge is 2.02. The number of benzene rings is 2. The van der Waals surface area contributed by atoms with E-state index in [1.165, 1.54) is 11.5 Å². The van der Waals surface area contributed by atoms with Gasteiger partial charge in [0, 0.05) is 6.07 Å². The summed E-state index contributed by atoms with van der Waals surface area (Å²) in [5.41, 5.74) is 2.09. The fraction of sp³-hybridized carbons (Fsp3) is 0.0625. The first-order valence-electron chi connectivity index (χ1n) is 6.27. The molecule has 1 heterocycles. The number of hydrogen-bond donors (Lipinski definition) is 1. The van der Waals surface area contributed by atoms with Gasteiger partial charge >= 0.3 is 0 Å². The molecule has 0 amide bonds. The Morgan fingerprint density at radius 3 is 2.40 bits per heavy atom. The van der Waals surface area contributed by atoms with Crippen LogP contribution >= 0.6 is 11.5 Å². The number of hydrogen-bond acceptors (Lipinski definition) is 3. The number of aromatic nitrogens is 1. The Labute approximate surface area is 120 Å². The number of ether oxygens (including phenoxy) is 1. The minimum Gasteiger partial charge on any atom is -0.489 e. The molecule has 4 heteroatoms. The first-order valence-corrected chi connectivity index (χ1v) is 7.08. The van der Waals surface area contributed by atoms with Gasteiger partial charge in [0.1, 0.15) is 12.4 Å². The third-order valence-corrected chi connectivity index (χ3v) is 3.79. The molecule has 0 fully saturated rings. The maximum atomic E-state index is 11.1. The standard InChI is InChI=1S/C16H13NO2S/c18-16-10-15(20-17-16)13-6-8-14(9-7-13)19-11-12-4-2-1-3-5-12/h1-10H,11H2,(H,17,18). The van der Waals surface area contributed by atoms with Crippen molar-refractivity contribution in [2.75, 3.05) is 0 Å². The van der Waals surface area contributed by atoms with Gasteiger partial charge in [0.25, 0.3) is 5.56 Å². The molecule has 20 heavy (non-hydrogen) atoms. The average Bonchev–Trinajstić information content (AvgIpc) is 2.93. The summed E-state index contributed by atoms with van der Waals surface area (Å²) in [5.74, 6) is 0.820. The Hall–Kier alpha value is -2.33. The third-order valence-electron chi connectivity index (χ3n) is 2.91. The molecule has 1 aromatic heterocycles. The number of nitrogens with one attached hydrogen (secondary N) is 1. The molecule has 2 aromatic carbocycles. The van der Waals surface area contributed by atoms with Gasteiger partial charge < -0.3 is 4.74 Å². The molecule has 0 unspecified atom stereocenters. The largest absolute Gasteiger partial charge is 0.489 e. The summed E-state index contributed by atoms with van der Waals surface area (Å²) in [7, 11) is 0. The van der Waals surface area contributed by atoms with Crippen LogP contribution in [0, 0.1) is 0 Å². The topological polar surface area (TPSA) is 42.1 Å². The van der Waals surface area contributed by atoms with Crippen molar-refractivity contribution in [3.05, 3.63) is 76.6 Å². The van der Waals surface area contributed by atoms with Crippen molar-refractivity contribution in [2.45, 2.75) is 6.61 Å². The molecular formula is C16H13NO2S. The van der Waals surface area contributed by atoms with Gasteiger partial charge in [-0.2, -0.15) is 0 Å². The van der Waals surface area contributed by atoms with Gasteiger partial charge in [-0.3, -0.25) is 9.17 Å². The molecule has 0 bridgehead atoms. The van der Waals surface area contributed by atoms with E-state index in [0.717, 1.165) is 21.8 Å². The van der Waals surface area contributed by atoms with Gasteiger partial charge in [0.05, 0.1) is 4.88 Å². The Morgan fingerprint density at radius 1 is 1.00 bits per heavy atom. The lowest BCUT2D eigenvalue weighted by Crippen LogP contribution is -1.94. The zero-order valence-electron chi connectivity index (χ0n) is 10.7. The fourth-order valence-corrected chi connectivity index (χ4v) is 2.57. The lowest BCUT2D eigenvalue weighted by molar-refractivity contribution is 0.306. The average molecular weight is 283 g/mol. The highest BCUT2D eigenvalue weighted by molar-refractivity contribution is 7.09. The van der Waals surface area contributed by atoms with E-state index in [1.54, 1.807) is 6.07 Å². The summed E-state index contributed by atoms with van der Waals surface area (Å²) in [5, 5.41) is 0. The van der Waals surface area contributed by atoms with Crippen molar-refractivity contribution in [3.63, 3.8) is 0 Å². The first kappa shape index (κ1) is 12.7. The molecule has 0 aliphatic rings. The molecule has 1 N–H and O–H groups in total. The third kappa shape index (κ3) is 2.97. The Morgan fingerprint density at radius 2 is 1.75 bits per heavy atom. The molecule has 0 saturated carbocycles.